The highest BCUT2D eigenvalue weighted by molar-refractivity contribution is 6.01. The fourth-order valence-electron chi connectivity index (χ4n) is 1.98. The van der Waals surface area contributed by atoms with Gasteiger partial charge in [-0.3, -0.25) is 0 Å². The predicted octanol–water partition coefficient (Wildman–Crippen LogP) is 3.96. The molecular weight excluding hydrogens is 316 g/mol. The minimum absolute atomic E-state index is 0.0956. The fraction of sp³-hybridized carbons (Fsp3) is 0.412. The summed E-state index contributed by atoms with van der Waals surface area (Å²) < 4.78 is 32.3. The first-order valence-corrected chi connectivity index (χ1v) is 7.81. The molecule has 0 saturated heterocycles. The Balaban J connectivity index is 2.08. The summed E-state index contributed by atoms with van der Waals surface area (Å²) in [7, 11) is 1.55. The van der Waals surface area contributed by atoms with Crippen molar-refractivity contribution in [1.29, 1.82) is 0 Å². The molecule has 0 N–H and O–H groups in total. The SMILES string of the molecule is CCCCON=C(COc1cc(C(F)F)nn1C)c1ccccc1. The van der Waals surface area contributed by atoms with Gasteiger partial charge in [0.15, 0.2) is 0 Å². The Morgan fingerprint density at radius 2 is 2.04 bits per heavy atom. The Morgan fingerprint density at radius 1 is 1.29 bits per heavy atom. The summed E-state index contributed by atoms with van der Waals surface area (Å²) in [5, 5.41) is 7.85. The summed E-state index contributed by atoms with van der Waals surface area (Å²) in [5.41, 5.74) is 1.13. The fourth-order valence-corrected chi connectivity index (χ4v) is 1.98. The van der Waals surface area contributed by atoms with E-state index in [-0.39, 0.29) is 18.2 Å². The highest BCUT2D eigenvalue weighted by atomic mass is 19.3. The second-order valence-electron chi connectivity index (χ2n) is 5.21. The van der Waals surface area contributed by atoms with Crippen molar-refractivity contribution in [1.82, 2.24) is 9.78 Å². The Kier molecular flexibility index (Phi) is 6.72. The molecule has 0 bridgehead atoms. The van der Waals surface area contributed by atoms with E-state index in [0.29, 0.717) is 12.3 Å². The molecule has 0 aliphatic carbocycles. The number of rotatable bonds is 9. The lowest BCUT2D eigenvalue weighted by atomic mass is 10.1. The van der Waals surface area contributed by atoms with Crippen LogP contribution in [0.3, 0.4) is 0 Å². The van der Waals surface area contributed by atoms with Crippen LogP contribution in [0.1, 0.15) is 37.4 Å². The van der Waals surface area contributed by atoms with Gasteiger partial charge < -0.3 is 9.57 Å². The highest BCUT2D eigenvalue weighted by Crippen LogP contribution is 2.22. The largest absolute Gasteiger partial charge is 0.471 e. The van der Waals surface area contributed by atoms with E-state index in [9.17, 15) is 8.78 Å². The molecular formula is C17H21F2N3O2. The summed E-state index contributed by atoms with van der Waals surface area (Å²) in [6.07, 6.45) is -0.711. The minimum Gasteiger partial charge on any atom is -0.471 e. The van der Waals surface area contributed by atoms with Crippen molar-refractivity contribution in [2.24, 2.45) is 12.2 Å². The number of ether oxygens (including phenoxy) is 1. The standard InChI is InChI=1S/C17H21F2N3O2/c1-3-4-10-24-21-15(13-8-6-5-7-9-13)12-23-16-11-14(17(18)19)20-22(16)2/h5-9,11,17H,3-4,10,12H2,1-2H3. The third kappa shape index (κ3) is 5.04. The van der Waals surface area contributed by atoms with Crippen molar-refractivity contribution in [2.75, 3.05) is 13.2 Å². The molecule has 1 aromatic carbocycles. The van der Waals surface area contributed by atoms with Gasteiger partial charge in [0.2, 0.25) is 5.88 Å². The van der Waals surface area contributed by atoms with Crippen LogP contribution < -0.4 is 4.74 Å². The molecule has 2 aromatic rings. The summed E-state index contributed by atoms with van der Waals surface area (Å²) in [5.74, 6) is 0.252. The lowest BCUT2D eigenvalue weighted by Crippen LogP contribution is -2.15. The maximum atomic E-state index is 12.7. The number of hydrogen-bond donors (Lipinski definition) is 0. The van der Waals surface area contributed by atoms with Gasteiger partial charge >= 0.3 is 0 Å². The molecule has 0 atom stereocenters. The summed E-state index contributed by atoms with van der Waals surface area (Å²) in [6.45, 7) is 2.68. The monoisotopic (exact) mass is 337 g/mol. The van der Waals surface area contributed by atoms with Crippen LogP contribution in [0.25, 0.3) is 0 Å². The van der Waals surface area contributed by atoms with Crippen molar-refractivity contribution < 1.29 is 18.4 Å². The Hall–Kier alpha value is -2.44. The summed E-state index contributed by atoms with van der Waals surface area (Å²) in [4.78, 5) is 5.32. The molecule has 0 spiro atoms. The summed E-state index contributed by atoms with van der Waals surface area (Å²) >= 11 is 0. The average molecular weight is 337 g/mol. The molecule has 0 aliphatic rings. The number of aromatic nitrogens is 2. The van der Waals surface area contributed by atoms with Crippen molar-refractivity contribution in [3.05, 3.63) is 47.7 Å². The first-order chi connectivity index (χ1) is 11.6. The number of oxime groups is 1. The number of alkyl halides is 2. The lowest BCUT2D eigenvalue weighted by Gasteiger charge is -2.09. The van der Waals surface area contributed by atoms with Crippen LogP contribution in [0.5, 0.6) is 5.88 Å². The molecule has 7 heteroatoms. The van der Waals surface area contributed by atoms with Gasteiger partial charge in [0.25, 0.3) is 6.43 Å². The van der Waals surface area contributed by atoms with E-state index in [2.05, 4.69) is 17.2 Å². The van der Waals surface area contributed by atoms with Crippen LogP contribution in [-0.4, -0.2) is 28.7 Å². The van der Waals surface area contributed by atoms with Crippen LogP contribution in [-0.2, 0) is 11.9 Å². The van der Waals surface area contributed by atoms with Gasteiger partial charge in [-0.25, -0.2) is 13.5 Å². The molecule has 24 heavy (non-hydrogen) atoms. The Morgan fingerprint density at radius 3 is 2.67 bits per heavy atom. The van der Waals surface area contributed by atoms with Crippen molar-refractivity contribution >= 4 is 5.71 Å². The number of nitrogens with zero attached hydrogens (tertiary/aromatic N) is 3. The second kappa shape index (κ2) is 9.00. The normalized spacial score (nSPS) is 11.8. The van der Waals surface area contributed by atoms with Gasteiger partial charge in [-0.05, 0) is 6.42 Å². The molecule has 0 amide bonds. The first kappa shape index (κ1) is 17.9. The van der Waals surface area contributed by atoms with E-state index < -0.39 is 6.43 Å². The Bertz CT molecular complexity index is 657. The van der Waals surface area contributed by atoms with E-state index in [1.807, 2.05) is 30.3 Å². The first-order valence-electron chi connectivity index (χ1n) is 7.81. The van der Waals surface area contributed by atoms with E-state index in [1.165, 1.54) is 10.7 Å². The maximum absolute atomic E-state index is 12.7. The third-order valence-electron chi connectivity index (χ3n) is 3.31. The number of benzene rings is 1. The third-order valence-corrected chi connectivity index (χ3v) is 3.31. The maximum Gasteiger partial charge on any atom is 0.282 e. The van der Waals surface area contributed by atoms with Gasteiger partial charge in [0.05, 0.1) is 0 Å². The zero-order valence-electron chi connectivity index (χ0n) is 13.8. The molecule has 2 rings (SSSR count). The van der Waals surface area contributed by atoms with Gasteiger partial charge in [-0.15, -0.1) is 0 Å². The predicted molar refractivity (Wildman–Crippen MR) is 87.5 cm³/mol. The zero-order valence-corrected chi connectivity index (χ0v) is 13.8. The molecule has 1 aromatic heterocycles. The van der Waals surface area contributed by atoms with E-state index in [0.717, 1.165) is 18.4 Å². The van der Waals surface area contributed by atoms with Crippen LogP contribution in [0.4, 0.5) is 8.78 Å². The van der Waals surface area contributed by atoms with E-state index in [1.54, 1.807) is 7.05 Å². The van der Waals surface area contributed by atoms with Crippen molar-refractivity contribution in [3.8, 4) is 5.88 Å². The van der Waals surface area contributed by atoms with Gasteiger partial charge in [-0.1, -0.05) is 48.8 Å². The van der Waals surface area contributed by atoms with Crippen molar-refractivity contribution in [3.63, 3.8) is 0 Å². The van der Waals surface area contributed by atoms with Gasteiger partial charge in [-0.2, -0.15) is 5.10 Å². The number of aryl methyl sites for hydroxylation is 1. The van der Waals surface area contributed by atoms with Gasteiger partial charge in [0, 0.05) is 18.7 Å². The van der Waals surface area contributed by atoms with E-state index >= 15 is 0 Å². The molecule has 0 aliphatic heterocycles. The van der Waals surface area contributed by atoms with Gasteiger partial charge in [0.1, 0.15) is 24.6 Å². The molecule has 0 radical (unpaired) electrons. The molecule has 1 heterocycles. The van der Waals surface area contributed by atoms with Crippen LogP contribution >= 0.6 is 0 Å². The summed E-state index contributed by atoms with van der Waals surface area (Å²) in [6, 6.07) is 10.7. The molecule has 0 unspecified atom stereocenters. The van der Waals surface area contributed by atoms with E-state index in [4.69, 9.17) is 9.57 Å². The topological polar surface area (TPSA) is 48.6 Å². The van der Waals surface area contributed by atoms with Crippen LogP contribution in [0, 0.1) is 0 Å². The highest BCUT2D eigenvalue weighted by Gasteiger charge is 2.15. The average Bonchev–Trinajstić information content (AvgIpc) is 2.96. The zero-order chi connectivity index (χ0) is 17.4. The lowest BCUT2D eigenvalue weighted by molar-refractivity contribution is 0.139. The Labute approximate surface area is 139 Å². The molecule has 130 valence electrons. The molecule has 0 saturated carbocycles. The molecule has 5 nitrogen and oxygen atoms in total. The number of halogens is 2. The second-order valence-corrected chi connectivity index (χ2v) is 5.21. The quantitative estimate of drug-likeness (QED) is 0.395. The minimum atomic E-state index is -2.63. The smallest absolute Gasteiger partial charge is 0.282 e. The number of unbranched alkanes of at least 4 members (excludes halogenated alkanes) is 1. The number of hydrogen-bond acceptors (Lipinski definition) is 4. The van der Waals surface area contributed by atoms with Crippen LogP contribution in [0.15, 0.2) is 41.6 Å². The van der Waals surface area contributed by atoms with Crippen molar-refractivity contribution in [2.45, 2.75) is 26.2 Å². The molecule has 0 fully saturated rings. The van der Waals surface area contributed by atoms with Crippen LogP contribution in [0.2, 0.25) is 0 Å².